The molecule has 0 aliphatic carbocycles. The van der Waals surface area contributed by atoms with E-state index in [-0.39, 0.29) is 32.0 Å². The first-order valence-corrected chi connectivity index (χ1v) is 7.84. The van der Waals surface area contributed by atoms with E-state index in [1.54, 1.807) is 6.20 Å². The predicted molar refractivity (Wildman–Crippen MR) is 82.2 cm³/mol. The molecule has 1 aliphatic heterocycles. The quantitative estimate of drug-likeness (QED) is 0.923. The van der Waals surface area contributed by atoms with Gasteiger partial charge in [0.25, 0.3) is 0 Å². The molecule has 130 valence electrons. The van der Waals surface area contributed by atoms with E-state index in [2.05, 4.69) is 4.98 Å². The highest BCUT2D eigenvalue weighted by Gasteiger charge is 2.54. The van der Waals surface area contributed by atoms with E-state index in [0.717, 1.165) is 5.56 Å². The third-order valence-electron chi connectivity index (χ3n) is 4.64. The number of alkyl halides is 3. The van der Waals surface area contributed by atoms with Crippen LogP contribution in [-0.2, 0) is 0 Å². The Labute approximate surface area is 137 Å². The van der Waals surface area contributed by atoms with Crippen LogP contribution < -0.4 is 0 Å². The summed E-state index contributed by atoms with van der Waals surface area (Å²) in [5, 5.41) is 9.74. The fraction of sp³-hybridized carbons (Fsp3) is 0.471. The van der Waals surface area contributed by atoms with Gasteiger partial charge >= 0.3 is 6.18 Å². The van der Waals surface area contributed by atoms with Crippen LogP contribution in [0.15, 0.2) is 40.9 Å². The van der Waals surface area contributed by atoms with Crippen LogP contribution >= 0.6 is 0 Å². The average Bonchev–Trinajstić information content (AvgIpc) is 3.05. The van der Waals surface area contributed by atoms with Gasteiger partial charge in [0, 0.05) is 18.7 Å². The van der Waals surface area contributed by atoms with Crippen molar-refractivity contribution in [3.05, 3.63) is 42.4 Å². The lowest BCUT2D eigenvalue weighted by Crippen LogP contribution is -2.53. The summed E-state index contributed by atoms with van der Waals surface area (Å²) in [6.07, 6.45) is -3.65. The van der Waals surface area contributed by atoms with E-state index in [1.165, 1.54) is 0 Å². The summed E-state index contributed by atoms with van der Waals surface area (Å²) in [4.78, 5) is 6.11. The third kappa shape index (κ3) is 3.18. The Bertz CT molecular complexity index is 677. The molecule has 4 nitrogen and oxygen atoms in total. The molecule has 2 aromatic rings. The second-order valence-electron chi connectivity index (χ2n) is 6.17. The highest BCUT2D eigenvalue weighted by Crippen LogP contribution is 2.40. The Kier molecular flexibility index (Phi) is 4.40. The normalized spacial score (nSPS) is 20.0. The number of nitrogens with zero attached hydrogens (tertiary/aromatic N) is 2. The van der Waals surface area contributed by atoms with Crippen molar-refractivity contribution in [2.24, 2.45) is 0 Å². The first-order valence-electron chi connectivity index (χ1n) is 7.84. The minimum absolute atomic E-state index is 0.139. The summed E-state index contributed by atoms with van der Waals surface area (Å²) in [7, 11) is 0. The first-order chi connectivity index (χ1) is 11.3. The average molecular weight is 340 g/mol. The molecule has 1 aliphatic rings. The van der Waals surface area contributed by atoms with Crippen molar-refractivity contribution in [1.82, 2.24) is 9.88 Å². The molecule has 1 N–H and O–H groups in total. The SMILES string of the molecule is CC(c1ncc(-c2ccccc2)o1)N1CCC(O)(C(F)(F)F)CC1. The van der Waals surface area contributed by atoms with Crippen molar-refractivity contribution >= 4 is 0 Å². The number of oxazole rings is 1. The number of likely N-dealkylation sites (tertiary alicyclic amines) is 1. The molecule has 24 heavy (non-hydrogen) atoms. The highest BCUT2D eigenvalue weighted by molar-refractivity contribution is 5.55. The standard InChI is InChI=1S/C17H19F3N2O2/c1-12(22-9-7-16(23,8-10-22)17(18,19)20)15-21-11-14(24-15)13-5-3-2-4-6-13/h2-6,11-12,23H,7-10H2,1H3. The highest BCUT2D eigenvalue weighted by atomic mass is 19.4. The van der Waals surface area contributed by atoms with Gasteiger partial charge < -0.3 is 9.52 Å². The van der Waals surface area contributed by atoms with E-state index < -0.39 is 11.8 Å². The minimum atomic E-state index is -4.59. The summed E-state index contributed by atoms with van der Waals surface area (Å²) < 4.78 is 44.4. The zero-order chi connectivity index (χ0) is 17.4. The molecule has 1 atom stereocenters. The third-order valence-corrected chi connectivity index (χ3v) is 4.64. The molecule has 3 rings (SSSR count). The largest absolute Gasteiger partial charge is 0.439 e. The van der Waals surface area contributed by atoms with Gasteiger partial charge in [-0.25, -0.2) is 4.98 Å². The fourth-order valence-corrected chi connectivity index (χ4v) is 2.94. The Balaban J connectivity index is 1.68. The lowest BCUT2D eigenvalue weighted by molar-refractivity contribution is -0.273. The topological polar surface area (TPSA) is 49.5 Å². The van der Waals surface area contributed by atoms with Gasteiger partial charge in [-0.15, -0.1) is 0 Å². The summed E-state index contributed by atoms with van der Waals surface area (Å²) in [5.74, 6) is 1.09. The number of halogens is 3. The Morgan fingerprint density at radius 3 is 2.42 bits per heavy atom. The van der Waals surface area contributed by atoms with Crippen molar-refractivity contribution in [1.29, 1.82) is 0 Å². The van der Waals surface area contributed by atoms with E-state index >= 15 is 0 Å². The summed E-state index contributed by atoms with van der Waals surface area (Å²) in [6, 6.07) is 9.24. The first kappa shape index (κ1) is 17.0. The van der Waals surface area contributed by atoms with Crippen LogP contribution in [0.1, 0.15) is 31.7 Å². The molecule has 2 heterocycles. The molecule has 0 bridgehead atoms. The van der Waals surface area contributed by atoms with E-state index in [9.17, 15) is 18.3 Å². The zero-order valence-corrected chi connectivity index (χ0v) is 13.3. The molecular formula is C17H19F3N2O2. The van der Waals surface area contributed by atoms with E-state index in [4.69, 9.17) is 4.42 Å². The molecule has 0 amide bonds. The number of hydrogen-bond donors (Lipinski definition) is 1. The maximum absolute atomic E-state index is 12.9. The van der Waals surface area contributed by atoms with Gasteiger partial charge in [0.05, 0.1) is 12.2 Å². The molecule has 1 aromatic carbocycles. The van der Waals surface area contributed by atoms with Gasteiger partial charge in [0.15, 0.2) is 11.4 Å². The fourth-order valence-electron chi connectivity index (χ4n) is 2.94. The van der Waals surface area contributed by atoms with Gasteiger partial charge in [-0.2, -0.15) is 13.2 Å². The van der Waals surface area contributed by atoms with Crippen LogP contribution in [0.4, 0.5) is 13.2 Å². The van der Waals surface area contributed by atoms with E-state index in [1.807, 2.05) is 42.2 Å². The molecule has 1 unspecified atom stereocenters. The number of hydrogen-bond acceptors (Lipinski definition) is 4. The van der Waals surface area contributed by atoms with Crippen LogP contribution in [-0.4, -0.2) is 39.9 Å². The molecule has 1 saturated heterocycles. The molecule has 1 fully saturated rings. The van der Waals surface area contributed by atoms with Crippen LogP contribution in [0, 0.1) is 0 Å². The number of aromatic nitrogens is 1. The summed E-state index contributed by atoms with van der Waals surface area (Å²) in [6.45, 7) is 2.12. The Morgan fingerprint density at radius 2 is 1.83 bits per heavy atom. The lowest BCUT2D eigenvalue weighted by Gasteiger charge is -2.40. The van der Waals surface area contributed by atoms with Crippen molar-refractivity contribution in [3.63, 3.8) is 0 Å². The molecule has 0 saturated carbocycles. The van der Waals surface area contributed by atoms with E-state index in [0.29, 0.717) is 11.7 Å². The zero-order valence-electron chi connectivity index (χ0n) is 13.3. The van der Waals surface area contributed by atoms with Crippen molar-refractivity contribution in [3.8, 4) is 11.3 Å². The smallest absolute Gasteiger partial charge is 0.417 e. The van der Waals surface area contributed by atoms with Gasteiger partial charge in [0.1, 0.15) is 0 Å². The van der Waals surface area contributed by atoms with Crippen LogP contribution in [0.25, 0.3) is 11.3 Å². The van der Waals surface area contributed by atoms with Gasteiger partial charge in [-0.3, -0.25) is 4.90 Å². The second kappa shape index (κ2) is 6.22. The van der Waals surface area contributed by atoms with Crippen LogP contribution in [0.5, 0.6) is 0 Å². The van der Waals surface area contributed by atoms with Crippen LogP contribution in [0.2, 0.25) is 0 Å². The molecule has 1 aromatic heterocycles. The molecule has 7 heteroatoms. The van der Waals surface area contributed by atoms with Gasteiger partial charge in [0.2, 0.25) is 5.89 Å². The monoisotopic (exact) mass is 340 g/mol. The van der Waals surface area contributed by atoms with Crippen molar-refractivity contribution in [2.75, 3.05) is 13.1 Å². The van der Waals surface area contributed by atoms with Crippen molar-refractivity contribution < 1.29 is 22.7 Å². The maximum atomic E-state index is 12.9. The minimum Gasteiger partial charge on any atom is -0.439 e. The Morgan fingerprint density at radius 1 is 1.21 bits per heavy atom. The lowest BCUT2D eigenvalue weighted by atomic mass is 9.90. The maximum Gasteiger partial charge on any atom is 0.417 e. The Hall–Kier alpha value is -1.86. The summed E-state index contributed by atoms with van der Waals surface area (Å²) in [5.41, 5.74) is -1.69. The number of benzene rings is 1. The number of rotatable bonds is 3. The molecular weight excluding hydrogens is 321 g/mol. The van der Waals surface area contributed by atoms with Crippen molar-refractivity contribution in [2.45, 2.75) is 37.6 Å². The number of aliphatic hydroxyl groups is 1. The molecule has 0 radical (unpaired) electrons. The van der Waals surface area contributed by atoms with Gasteiger partial charge in [-0.05, 0) is 19.8 Å². The predicted octanol–water partition coefficient (Wildman–Crippen LogP) is 3.79. The second-order valence-corrected chi connectivity index (χ2v) is 6.17. The van der Waals surface area contributed by atoms with Crippen LogP contribution in [0.3, 0.4) is 0 Å². The van der Waals surface area contributed by atoms with Gasteiger partial charge in [-0.1, -0.05) is 30.3 Å². The summed E-state index contributed by atoms with van der Waals surface area (Å²) >= 11 is 0. The molecule has 0 spiro atoms. The number of piperidine rings is 1.